The number of nitrogens with zero attached hydrogens (tertiary/aromatic N) is 1. The molecule has 18 heavy (non-hydrogen) atoms. The molecule has 2 unspecified atom stereocenters. The maximum atomic E-state index is 6.08. The van der Waals surface area contributed by atoms with Crippen molar-refractivity contribution < 1.29 is 4.74 Å². The van der Waals surface area contributed by atoms with E-state index in [-0.39, 0.29) is 0 Å². The first-order chi connectivity index (χ1) is 8.73. The van der Waals surface area contributed by atoms with E-state index in [4.69, 9.17) is 4.74 Å². The molecule has 0 bridgehead atoms. The summed E-state index contributed by atoms with van der Waals surface area (Å²) in [5.74, 6) is 0.847. The van der Waals surface area contributed by atoms with Gasteiger partial charge in [0.2, 0.25) is 0 Å². The van der Waals surface area contributed by atoms with Crippen LogP contribution in [-0.2, 0) is 4.74 Å². The lowest BCUT2D eigenvalue weighted by Crippen LogP contribution is -2.36. The molecule has 3 nitrogen and oxygen atoms in total. The molecule has 1 fully saturated rings. The van der Waals surface area contributed by atoms with Gasteiger partial charge < -0.3 is 15.0 Å². The van der Waals surface area contributed by atoms with Gasteiger partial charge in [-0.15, -0.1) is 0 Å². The van der Waals surface area contributed by atoms with Crippen molar-refractivity contribution in [1.82, 2.24) is 10.2 Å². The Labute approximate surface area is 113 Å². The normalized spacial score (nSPS) is 24.3. The Balaban J connectivity index is 2.30. The summed E-state index contributed by atoms with van der Waals surface area (Å²) in [6.45, 7) is 11.4. The van der Waals surface area contributed by atoms with Gasteiger partial charge in [-0.1, -0.05) is 33.6 Å². The summed E-state index contributed by atoms with van der Waals surface area (Å²) in [5.41, 5.74) is 0. The first kappa shape index (κ1) is 15.9. The summed E-state index contributed by atoms with van der Waals surface area (Å²) >= 11 is 0. The van der Waals surface area contributed by atoms with E-state index in [9.17, 15) is 0 Å². The molecular formula is C15H32N2O. The van der Waals surface area contributed by atoms with Gasteiger partial charge in [0.15, 0.2) is 0 Å². The minimum absolute atomic E-state index is 0.437. The highest BCUT2D eigenvalue weighted by Gasteiger charge is 2.26. The maximum absolute atomic E-state index is 6.08. The fourth-order valence-electron chi connectivity index (χ4n) is 2.82. The predicted molar refractivity (Wildman–Crippen MR) is 78.0 cm³/mol. The van der Waals surface area contributed by atoms with Crippen molar-refractivity contribution in [1.29, 1.82) is 0 Å². The van der Waals surface area contributed by atoms with Crippen LogP contribution in [0.3, 0.4) is 0 Å². The summed E-state index contributed by atoms with van der Waals surface area (Å²) in [6, 6.07) is 0. The molecule has 108 valence electrons. The molecule has 0 spiro atoms. The second-order valence-corrected chi connectivity index (χ2v) is 5.55. The number of nitrogens with one attached hydrogen (secondary N) is 1. The molecule has 1 saturated heterocycles. The average molecular weight is 256 g/mol. The monoisotopic (exact) mass is 256 g/mol. The lowest BCUT2D eigenvalue weighted by Gasteiger charge is -2.27. The van der Waals surface area contributed by atoms with E-state index in [1.165, 1.54) is 32.2 Å². The summed E-state index contributed by atoms with van der Waals surface area (Å²) in [6.07, 6.45) is 5.92. The third-order valence-electron chi connectivity index (χ3n) is 4.21. The van der Waals surface area contributed by atoms with Crippen LogP contribution in [0.25, 0.3) is 0 Å². The quantitative estimate of drug-likeness (QED) is 0.686. The van der Waals surface area contributed by atoms with Crippen molar-refractivity contribution in [3.63, 3.8) is 0 Å². The van der Waals surface area contributed by atoms with Crippen LogP contribution < -0.4 is 5.32 Å². The van der Waals surface area contributed by atoms with Crippen LogP contribution in [0.5, 0.6) is 0 Å². The molecule has 0 aromatic heterocycles. The molecule has 0 aliphatic carbocycles. The van der Waals surface area contributed by atoms with Gasteiger partial charge >= 0.3 is 0 Å². The van der Waals surface area contributed by atoms with Gasteiger partial charge in [0.25, 0.3) is 0 Å². The first-order valence-corrected chi connectivity index (χ1v) is 7.75. The largest absolute Gasteiger partial charge is 0.372 e. The second kappa shape index (κ2) is 8.89. The van der Waals surface area contributed by atoms with Crippen LogP contribution in [-0.4, -0.2) is 50.3 Å². The van der Waals surface area contributed by atoms with E-state index in [2.05, 4.69) is 31.0 Å². The molecular weight excluding hydrogens is 224 g/mol. The van der Waals surface area contributed by atoms with Gasteiger partial charge in [-0.2, -0.15) is 0 Å². The molecule has 0 radical (unpaired) electrons. The molecule has 0 saturated carbocycles. The van der Waals surface area contributed by atoms with Crippen LogP contribution >= 0.6 is 0 Å². The number of ether oxygens (including phenoxy) is 1. The molecule has 1 rings (SSSR count). The zero-order valence-electron chi connectivity index (χ0n) is 12.7. The summed E-state index contributed by atoms with van der Waals surface area (Å²) < 4.78 is 6.08. The molecule has 2 atom stereocenters. The fraction of sp³-hybridized carbons (Fsp3) is 1.00. The van der Waals surface area contributed by atoms with Crippen molar-refractivity contribution >= 4 is 0 Å². The van der Waals surface area contributed by atoms with E-state index >= 15 is 0 Å². The topological polar surface area (TPSA) is 24.5 Å². The second-order valence-electron chi connectivity index (χ2n) is 5.55. The Morgan fingerprint density at radius 3 is 2.39 bits per heavy atom. The zero-order chi connectivity index (χ0) is 13.4. The number of hydrogen-bond acceptors (Lipinski definition) is 3. The van der Waals surface area contributed by atoms with Crippen LogP contribution in [0.15, 0.2) is 0 Å². The number of rotatable bonds is 9. The first-order valence-electron chi connectivity index (χ1n) is 7.75. The molecule has 3 heteroatoms. The average Bonchev–Trinajstić information content (AvgIpc) is 2.82. The van der Waals surface area contributed by atoms with Crippen molar-refractivity contribution in [2.45, 2.75) is 58.7 Å². The molecule has 1 aliphatic heterocycles. The highest BCUT2D eigenvalue weighted by molar-refractivity contribution is 4.78. The molecule has 0 aromatic rings. The highest BCUT2D eigenvalue weighted by atomic mass is 16.5. The maximum Gasteiger partial charge on any atom is 0.0707 e. The standard InChI is InChI=1S/C15H32N2O/c1-5-13(6-2)11-17(7-3)12-15-9-8-14(18-15)10-16-4/h13-16H,5-12H2,1-4H3. The van der Waals surface area contributed by atoms with Crippen LogP contribution in [0, 0.1) is 5.92 Å². The van der Waals surface area contributed by atoms with Crippen molar-refractivity contribution in [3.8, 4) is 0 Å². The smallest absolute Gasteiger partial charge is 0.0707 e. The van der Waals surface area contributed by atoms with Gasteiger partial charge in [0, 0.05) is 19.6 Å². The van der Waals surface area contributed by atoms with E-state index in [1.807, 2.05) is 7.05 Å². The van der Waals surface area contributed by atoms with Gasteiger partial charge in [-0.3, -0.25) is 0 Å². The van der Waals surface area contributed by atoms with E-state index in [0.717, 1.165) is 25.6 Å². The Hall–Kier alpha value is -0.120. The Kier molecular flexibility index (Phi) is 7.87. The van der Waals surface area contributed by atoms with Crippen molar-refractivity contribution in [3.05, 3.63) is 0 Å². The SMILES string of the molecule is CCC(CC)CN(CC)CC1CCC(CNC)O1. The summed E-state index contributed by atoms with van der Waals surface area (Å²) in [7, 11) is 2.00. The van der Waals surface area contributed by atoms with Crippen LogP contribution in [0.1, 0.15) is 46.5 Å². The Morgan fingerprint density at radius 1 is 1.17 bits per heavy atom. The Morgan fingerprint density at radius 2 is 1.83 bits per heavy atom. The summed E-state index contributed by atoms with van der Waals surface area (Å²) in [4.78, 5) is 2.57. The molecule has 1 heterocycles. The zero-order valence-corrected chi connectivity index (χ0v) is 12.7. The lowest BCUT2D eigenvalue weighted by atomic mass is 10.0. The van der Waals surface area contributed by atoms with E-state index < -0.39 is 0 Å². The highest BCUT2D eigenvalue weighted by Crippen LogP contribution is 2.21. The molecule has 0 aromatic carbocycles. The Bertz CT molecular complexity index is 207. The third-order valence-corrected chi connectivity index (χ3v) is 4.21. The minimum atomic E-state index is 0.437. The van der Waals surface area contributed by atoms with Gasteiger partial charge in [-0.05, 0) is 32.4 Å². The van der Waals surface area contributed by atoms with Crippen LogP contribution in [0.2, 0.25) is 0 Å². The van der Waals surface area contributed by atoms with E-state index in [1.54, 1.807) is 0 Å². The number of hydrogen-bond donors (Lipinski definition) is 1. The third kappa shape index (κ3) is 5.25. The fourth-order valence-corrected chi connectivity index (χ4v) is 2.82. The van der Waals surface area contributed by atoms with Crippen molar-refractivity contribution in [2.75, 3.05) is 33.2 Å². The van der Waals surface area contributed by atoms with Gasteiger partial charge in [-0.25, -0.2) is 0 Å². The molecule has 1 N–H and O–H groups in total. The lowest BCUT2D eigenvalue weighted by molar-refractivity contribution is 0.0220. The number of likely N-dealkylation sites (N-methyl/N-ethyl adjacent to an activating group) is 2. The predicted octanol–water partition coefficient (Wildman–Crippen LogP) is 2.51. The van der Waals surface area contributed by atoms with Gasteiger partial charge in [0.1, 0.15) is 0 Å². The minimum Gasteiger partial charge on any atom is -0.372 e. The summed E-state index contributed by atoms with van der Waals surface area (Å²) in [5, 5.41) is 3.21. The molecule has 0 amide bonds. The van der Waals surface area contributed by atoms with Crippen LogP contribution in [0.4, 0.5) is 0 Å². The van der Waals surface area contributed by atoms with Gasteiger partial charge in [0.05, 0.1) is 12.2 Å². The van der Waals surface area contributed by atoms with Crippen molar-refractivity contribution in [2.24, 2.45) is 5.92 Å². The van der Waals surface area contributed by atoms with E-state index in [0.29, 0.717) is 12.2 Å². The molecule has 1 aliphatic rings.